The number of hydrogen-bond donors (Lipinski definition) is 1. The maximum absolute atomic E-state index is 5.88. The molecule has 0 spiro atoms. The maximum Gasteiger partial charge on any atom is 0.114 e. The van der Waals surface area contributed by atoms with Crippen LogP contribution in [0.2, 0.25) is 5.02 Å². The molecular weight excluding hydrogens is 188 g/mol. The van der Waals surface area contributed by atoms with E-state index in [0.29, 0.717) is 17.3 Å². The van der Waals surface area contributed by atoms with Crippen molar-refractivity contribution < 1.29 is 4.84 Å². The molecule has 1 aromatic rings. The van der Waals surface area contributed by atoms with Gasteiger partial charge in [0.25, 0.3) is 0 Å². The van der Waals surface area contributed by atoms with Gasteiger partial charge in [-0.25, -0.2) is 0 Å². The molecular formula is C9H11ClN2O. The molecule has 0 radical (unpaired) electrons. The van der Waals surface area contributed by atoms with Crippen molar-refractivity contribution in [3.8, 4) is 0 Å². The number of rotatable bonds is 3. The smallest absolute Gasteiger partial charge is 0.114 e. The molecule has 0 aliphatic carbocycles. The SMILES string of the molecule is CCO/N=C/c1ccc(N)cc1Cl. The van der Waals surface area contributed by atoms with E-state index in [0.717, 1.165) is 5.56 Å². The molecule has 0 aliphatic heterocycles. The molecule has 0 saturated heterocycles. The van der Waals surface area contributed by atoms with Crippen LogP contribution < -0.4 is 5.73 Å². The number of nitrogens with zero attached hydrogens (tertiary/aromatic N) is 1. The van der Waals surface area contributed by atoms with Gasteiger partial charge in [-0.1, -0.05) is 16.8 Å². The van der Waals surface area contributed by atoms with Crippen LogP contribution in [0, 0.1) is 0 Å². The van der Waals surface area contributed by atoms with E-state index in [9.17, 15) is 0 Å². The molecule has 0 aromatic heterocycles. The summed E-state index contributed by atoms with van der Waals surface area (Å²) in [5, 5.41) is 4.27. The van der Waals surface area contributed by atoms with Gasteiger partial charge >= 0.3 is 0 Å². The molecule has 3 nitrogen and oxygen atoms in total. The monoisotopic (exact) mass is 198 g/mol. The van der Waals surface area contributed by atoms with Crippen LogP contribution >= 0.6 is 11.6 Å². The summed E-state index contributed by atoms with van der Waals surface area (Å²) >= 11 is 5.88. The number of hydrogen-bond acceptors (Lipinski definition) is 3. The van der Waals surface area contributed by atoms with Crippen LogP contribution in [0.15, 0.2) is 23.4 Å². The predicted octanol–water partition coefficient (Wildman–Crippen LogP) is 2.29. The molecule has 0 aliphatic rings. The second kappa shape index (κ2) is 4.72. The van der Waals surface area contributed by atoms with E-state index in [-0.39, 0.29) is 0 Å². The summed E-state index contributed by atoms with van der Waals surface area (Å²) in [5.74, 6) is 0. The van der Waals surface area contributed by atoms with Crippen LogP contribution in [-0.4, -0.2) is 12.8 Å². The Hall–Kier alpha value is -1.22. The van der Waals surface area contributed by atoms with Gasteiger partial charge in [0.2, 0.25) is 0 Å². The zero-order valence-corrected chi connectivity index (χ0v) is 8.08. The second-order valence-electron chi connectivity index (χ2n) is 2.43. The lowest BCUT2D eigenvalue weighted by Gasteiger charge is -1.98. The molecule has 0 atom stereocenters. The summed E-state index contributed by atoms with van der Waals surface area (Å²) in [5.41, 5.74) is 6.96. The quantitative estimate of drug-likeness (QED) is 0.460. The fourth-order valence-corrected chi connectivity index (χ4v) is 1.05. The number of nitrogen functional groups attached to an aromatic ring is 1. The zero-order valence-electron chi connectivity index (χ0n) is 7.33. The van der Waals surface area contributed by atoms with E-state index < -0.39 is 0 Å². The number of benzene rings is 1. The van der Waals surface area contributed by atoms with Gasteiger partial charge in [-0.2, -0.15) is 0 Å². The van der Waals surface area contributed by atoms with Crippen molar-refractivity contribution in [2.24, 2.45) is 5.16 Å². The normalized spacial score (nSPS) is 10.6. The first kappa shape index (κ1) is 9.86. The van der Waals surface area contributed by atoms with Crippen LogP contribution in [0.1, 0.15) is 12.5 Å². The molecule has 0 fully saturated rings. The standard InChI is InChI=1S/C9H11ClN2O/c1-2-13-12-6-7-3-4-8(11)5-9(7)10/h3-6H,2,11H2,1H3/b12-6+. The Bertz CT molecular complexity index is 312. The Morgan fingerprint density at radius 1 is 1.62 bits per heavy atom. The van der Waals surface area contributed by atoms with Crippen LogP contribution in [0.3, 0.4) is 0 Å². The summed E-state index contributed by atoms with van der Waals surface area (Å²) in [4.78, 5) is 4.80. The molecule has 2 N–H and O–H groups in total. The Labute approximate surface area is 82.1 Å². The zero-order chi connectivity index (χ0) is 9.68. The van der Waals surface area contributed by atoms with Crippen LogP contribution in [0.25, 0.3) is 0 Å². The minimum Gasteiger partial charge on any atom is -0.399 e. The number of oxime groups is 1. The van der Waals surface area contributed by atoms with Gasteiger partial charge in [-0.05, 0) is 25.1 Å². The van der Waals surface area contributed by atoms with E-state index in [1.165, 1.54) is 0 Å². The summed E-state index contributed by atoms with van der Waals surface area (Å²) in [6, 6.07) is 5.23. The molecule has 1 rings (SSSR count). The number of anilines is 1. The van der Waals surface area contributed by atoms with Crippen molar-refractivity contribution >= 4 is 23.5 Å². The Balaban J connectivity index is 2.77. The highest BCUT2D eigenvalue weighted by Gasteiger charge is 1.96. The van der Waals surface area contributed by atoms with Gasteiger partial charge in [0.1, 0.15) is 6.61 Å². The molecule has 4 heteroatoms. The third-order valence-electron chi connectivity index (χ3n) is 1.42. The molecule has 70 valence electrons. The van der Waals surface area contributed by atoms with Crippen LogP contribution in [-0.2, 0) is 4.84 Å². The van der Waals surface area contributed by atoms with Gasteiger partial charge in [0.15, 0.2) is 0 Å². The summed E-state index contributed by atoms with van der Waals surface area (Å²) in [6.45, 7) is 2.41. The fraction of sp³-hybridized carbons (Fsp3) is 0.222. The van der Waals surface area contributed by atoms with Crippen molar-refractivity contribution in [1.82, 2.24) is 0 Å². The highest BCUT2D eigenvalue weighted by atomic mass is 35.5. The summed E-state index contributed by atoms with van der Waals surface area (Å²) in [6.07, 6.45) is 1.56. The van der Waals surface area contributed by atoms with E-state index in [4.69, 9.17) is 22.2 Å². The average molecular weight is 199 g/mol. The maximum atomic E-state index is 5.88. The molecule has 1 aromatic carbocycles. The molecule has 0 amide bonds. The largest absolute Gasteiger partial charge is 0.399 e. The average Bonchev–Trinajstić information content (AvgIpc) is 2.09. The van der Waals surface area contributed by atoms with Crippen molar-refractivity contribution in [3.63, 3.8) is 0 Å². The Morgan fingerprint density at radius 3 is 3.00 bits per heavy atom. The molecule has 0 unspecified atom stereocenters. The highest BCUT2D eigenvalue weighted by Crippen LogP contribution is 2.17. The fourth-order valence-electron chi connectivity index (χ4n) is 0.817. The molecule has 13 heavy (non-hydrogen) atoms. The third kappa shape index (κ3) is 2.95. The van der Waals surface area contributed by atoms with E-state index in [1.54, 1.807) is 24.4 Å². The van der Waals surface area contributed by atoms with E-state index >= 15 is 0 Å². The summed E-state index contributed by atoms with van der Waals surface area (Å²) in [7, 11) is 0. The Morgan fingerprint density at radius 2 is 2.38 bits per heavy atom. The topological polar surface area (TPSA) is 47.6 Å². The van der Waals surface area contributed by atoms with Crippen molar-refractivity contribution in [1.29, 1.82) is 0 Å². The summed E-state index contributed by atoms with van der Waals surface area (Å²) < 4.78 is 0. The van der Waals surface area contributed by atoms with Crippen molar-refractivity contribution in [2.45, 2.75) is 6.92 Å². The van der Waals surface area contributed by atoms with Crippen LogP contribution in [0.5, 0.6) is 0 Å². The molecule has 0 saturated carbocycles. The molecule has 0 bridgehead atoms. The first-order valence-corrected chi connectivity index (χ1v) is 4.32. The van der Waals surface area contributed by atoms with Gasteiger partial charge in [-0.15, -0.1) is 0 Å². The number of nitrogens with two attached hydrogens (primary N) is 1. The lowest BCUT2D eigenvalue weighted by atomic mass is 10.2. The van der Waals surface area contributed by atoms with Gasteiger partial charge in [0.05, 0.1) is 11.2 Å². The first-order chi connectivity index (χ1) is 6.24. The van der Waals surface area contributed by atoms with E-state index in [2.05, 4.69) is 5.16 Å². The molecule has 0 heterocycles. The minimum atomic E-state index is 0.545. The van der Waals surface area contributed by atoms with Gasteiger partial charge < -0.3 is 10.6 Å². The number of halogens is 1. The van der Waals surface area contributed by atoms with Crippen LogP contribution in [0.4, 0.5) is 5.69 Å². The predicted molar refractivity (Wildman–Crippen MR) is 55.1 cm³/mol. The highest BCUT2D eigenvalue weighted by molar-refractivity contribution is 6.33. The minimum absolute atomic E-state index is 0.545. The lowest BCUT2D eigenvalue weighted by molar-refractivity contribution is 0.160. The van der Waals surface area contributed by atoms with Gasteiger partial charge in [0, 0.05) is 11.3 Å². The van der Waals surface area contributed by atoms with Crippen molar-refractivity contribution in [2.75, 3.05) is 12.3 Å². The second-order valence-corrected chi connectivity index (χ2v) is 2.84. The van der Waals surface area contributed by atoms with E-state index in [1.807, 2.05) is 6.92 Å². The third-order valence-corrected chi connectivity index (χ3v) is 1.75. The van der Waals surface area contributed by atoms with Gasteiger partial charge in [-0.3, -0.25) is 0 Å². The van der Waals surface area contributed by atoms with Crippen molar-refractivity contribution in [3.05, 3.63) is 28.8 Å². The lowest BCUT2D eigenvalue weighted by Crippen LogP contribution is -1.89. The first-order valence-electron chi connectivity index (χ1n) is 3.94. The Kier molecular flexibility index (Phi) is 3.58.